The maximum Gasteiger partial charge on any atom is 0.255 e. The number of carbonyl (C=O) groups is 1. The van der Waals surface area contributed by atoms with Gasteiger partial charge in [-0.15, -0.1) is 0 Å². The number of ether oxygens (including phenoxy) is 2. The summed E-state index contributed by atoms with van der Waals surface area (Å²) >= 11 is 0. The van der Waals surface area contributed by atoms with Crippen LogP contribution in [0.3, 0.4) is 0 Å². The number of methoxy groups -OCH3 is 2. The van der Waals surface area contributed by atoms with E-state index < -0.39 is 0 Å². The Hall–Kier alpha value is -2.69. The Morgan fingerprint density at radius 3 is 2.60 bits per heavy atom. The van der Waals surface area contributed by atoms with Gasteiger partial charge in [0.1, 0.15) is 11.5 Å². The van der Waals surface area contributed by atoms with Gasteiger partial charge in [-0.05, 0) is 30.3 Å². The summed E-state index contributed by atoms with van der Waals surface area (Å²) in [6, 6.07) is 12.0. The summed E-state index contributed by atoms with van der Waals surface area (Å²) in [5, 5.41) is 2.78. The molecule has 0 bridgehead atoms. The van der Waals surface area contributed by atoms with E-state index in [-0.39, 0.29) is 5.91 Å². The molecule has 0 fully saturated rings. The average Bonchev–Trinajstić information content (AvgIpc) is 2.49. The number of nitrogens with two attached hydrogens (primary N) is 1. The molecule has 0 radical (unpaired) electrons. The Morgan fingerprint density at radius 2 is 1.90 bits per heavy atom. The second kappa shape index (κ2) is 5.97. The lowest BCUT2D eigenvalue weighted by Crippen LogP contribution is -2.12. The number of carbonyl (C=O) groups excluding carboxylic acids is 1. The minimum absolute atomic E-state index is 0.244. The van der Waals surface area contributed by atoms with E-state index in [9.17, 15) is 4.79 Å². The number of amides is 1. The Labute approximate surface area is 117 Å². The maximum atomic E-state index is 12.2. The third-order valence-electron chi connectivity index (χ3n) is 2.81. The molecule has 0 heterocycles. The van der Waals surface area contributed by atoms with Gasteiger partial charge in [0.25, 0.3) is 5.91 Å². The highest BCUT2D eigenvalue weighted by Crippen LogP contribution is 2.27. The zero-order valence-electron chi connectivity index (χ0n) is 11.3. The summed E-state index contributed by atoms with van der Waals surface area (Å²) in [5.74, 6) is 0.898. The van der Waals surface area contributed by atoms with Crippen molar-refractivity contribution in [1.82, 2.24) is 0 Å². The second-order valence-corrected chi connectivity index (χ2v) is 4.15. The number of nitrogens with one attached hydrogen (secondary N) is 1. The third kappa shape index (κ3) is 3.00. The normalized spacial score (nSPS) is 9.90. The van der Waals surface area contributed by atoms with Crippen molar-refractivity contribution in [2.45, 2.75) is 0 Å². The van der Waals surface area contributed by atoms with Crippen molar-refractivity contribution < 1.29 is 14.3 Å². The summed E-state index contributed by atoms with van der Waals surface area (Å²) in [6.07, 6.45) is 0. The maximum absolute atomic E-state index is 12.2. The predicted molar refractivity (Wildman–Crippen MR) is 78.4 cm³/mol. The van der Waals surface area contributed by atoms with Gasteiger partial charge in [0.05, 0.1) is 19.9 Å². The molecule has 2 aromatic rings. The van der Waals surface area contributed by atoms with E-state index in [2.05, 4.69) is 5.32 Å². The molecule has 0 saturated carbocycles. The van der Waals surface area contributed by atoms with Gasteiger partial charge in [0, 0.05) is 17.3 Å². The minimum atomic E-state index is -0.244. The third-order valence-corrected chi connectivity index (χ3v) is 2.81. The molecule has 5 nitrogen and oxygen atoms in total. The first-order valence-corrected chi connectivity index (χ1v) is 6.03. The Kier molecular flexibility index (Phi) is 4.10. The topological polar surface area (TPSA) is 73.6 Å². The molecule has 2 aromatic carbocycles. The van der Waals surface area contributed by atoms with Crippen molar-refractivity contribution in [3.8, 4) is 11.5 Å². The van der Waals surface area contributed by atoms with Crippen LogP contribution in [0.4, 0.5) is 11.4 Å². The average molecular weight is 272 g/mol. The lowest BCUT2D eigenvalue weighted by atomic mass is 10.2. The Bertz CT molecular complexity index is 626. The van der Waals surface area contributed by atoms with E-state index in [1.165, 1.54) is 7.11 Å². The van der Waals surface area contributed by atoms with Gasteiger partial charge >= 0.3 is 0 Å². The van der Waals surface area contributed by atoms with Gasteiger partial charge in [0.2, 0.25) is 0 Å². The monoisotopic (exact) mass is 272 g/mol. The van der Waals surface area contributed by atoms with Crippen LogP contribution in [0.25, 0.3) is 0 Å². The zero-order valence-corrected chi connectivity index (χ0v) is 11.3. The molecule has 2 rings (SSSR count). The Balaban J connectivity index is 2.23. The molecule has 1 amide bonds. The highest BCUT2D eigenvalue weighted by molar-refractivity contribution is 6.05. The molecule has 0 aliphatic carbocycles. The first-order chi connectivity index (χ1) is 9.63. The SMILES string of the molecule is COc1cccc(C(=O)Nc2ccc(N)cc2OC)c1. The van der Waals surface area contributed by atoms with Crippen molar-refractivity contribution in [3.63, 3.8) is 0 Å². The molecule has 0 atom stereocenters. The molecule has 0 spiro atoms. The zero-order chi connectivity index (χ0) is 14.5. The van der Waals surface area contributed by atoms with Crippen LogP contribution in [0.5, 0.6) is 11.5 Å². The van der Waals surface area contributed by atoms with E-state index >= 15 is 0 Å². The van der Waals surface area contributed by atoms with Crippen molar-refractivity contribution in [1.29, 1.82) is 0 Å². The van der Waals surface area contributed by atoms with Crippen molar-refractivity contribution in [2.24, 2.45) is 0 Å². The molecule has 20 heavy (non-hydrogen) atoms. The van der Waals surface area contributed by atoms with Gasteiger partial charge in [-0.3, -0.25) is 4.79 Å². The molecule has 5 heteroatoms. The summed E-state index contributed by atoms with van der Waals surface area (Å²) in [7, 11) is 3.08. The first-order valence-electron chi connectivity index (χ1n) is 6.03. The fourth-order valence-electron chi connectivity index (χ4n) is 1.77. The van der Waals surface area contributed by atoms with Crippen LogP contribution < -0.4 is 20.5 Å². The van der Waals surface area contributed by atoms with Crippen LogP contribution in [-0.2, 0) is 0 Å². The van der Waals surface area contributed by atoms with Crippen molar-refractivity contribution in [3.05, 3.63) is 48.0 Å². The van der Waals surface area contributed by atoms with Crippen LogP contribution in [0.15, 0.2) is 42.5 Å². The van der Waals surface area contributed by atoms with Crippen LogP contribution >= 0.6 is 0 Å². The molecule has 0 aromatic heterocycles. The van der Waals surface area contributed by atoms with E-state index in [4.69, 9.17) is 15.2 Å². The van der Waals surface area contributed by atoms with Crippen molar-refractivity contribution in [2.75, 3.05) is 25.3 Å². The van der Waals surface area contributed by atoms with Crippen LogP contribution in [0.2, 0.25) is 0 Å². The molecule has 0 aliphatic rings. The highest BCUT2D eigenvalue weighted by atomic mass is 16.5. The predicted octanol–water partition coefficient (Wildman–Crippen LogP) is 2.54. The Morgan fingerprint density at radius 1 is 1.10 bits per heavy atom. The van der Waals surface area contributed by atoms with E-state index in [0.717, 1.165) is 0 Å². The second-order valence-electron chi connectivity index (χ2n) is 4.15. The number of hydrogen-bond donors (Lipinski definition) is 2. The fraction of sp³-hybridized carbons (Fsp3) is 0.133. The fourth-order valence-corrected chi connectivity index (χ4v) is 1.77. The summed E-state index contributed by atoms with van der Waals surface area (Å²) < 4.78 is 10.3. The van der Waals surface area contributed by atoms with Gasteiger partial charge in [-0.25, -0.2) is 0 Å². The van der Waals surface area contributed by atoms with E-state index in [0.29, 0.717) is 28.4 Å². The number of benzene rings is 2. The summed E-state index contributed by atoms with van der Waals surface area (Å²) in [4.78, 5) is 12.2. The van der Waals surface area contributed by atoms with Gasteiger partial charge < -0.3 is 20.5 Å². The molecule has 0 aliphatic heterocycles. The number of hydrogen-bond acceptors (Lipinski definition) is 4. The number of nitrogen functional groups attached to an aromatic ring is 1. The van der Waals surface area contributed by atoms with Crippen LogP contribution in [-0.4, -0.2) is 20.1 Å². The lowest BCUT2D eigenvalue weighted by molar-refractivity contribution is 0.102. The molecule has 0 unspecified atom stereocenters. The van der Waals surface area contributed by atoms with Crippen LogP contribution in [0, 0.1) is 0 Å². The molecular formula is C15H16N2O3. The van der Waals surface area contributed by atoms with E-state index in [1.54, 1.807) is 49.6 Å². The quantitative estimate of drug-likeness (QED) is 0.839. The summed E-state index contributed by atoms with van der Waals surface area (Å²) in [5.41, 5.74) is 7.31. The van der Waals surface area contributed by atoms with Crippen molar-refractivity contribution >= 4 is 17.3 Å². The van der Waals surface area contributed by atoms with Crippen LogP contribution in [0.1, 0.15) is 10.4 Å². The van der Waals surface area contributed by atoms with Gasteiger partial charge in [0.15, 0.2) is 0 Å². The van der Waals surface area contributed by atoms with Gasteiger partial charge in [-0.1, -0.05) is 6.07 Å². The number of anilines is 2. The lowest BCUT2D eigenvalue weighted by Gasteiger charge is -2.11. The number of rotatable bonds is 4. The standard InChI is InChI=1S/C15H16N2O3/c1-19-12-5-3-4-10(8-12)15(18)17-13-7-6-11(16)9-14(13)20-2/h3-9H,16H2,1-2H3,(H,17,18). The minimum Gasteiger partial charge on any atom is -0.497 e. The largest absolute Gasteiger partial charge is 0.497 e. The molecule has 3 N–H and O–H groups in total. The summed E-state index contributed by atoms with van der Waals surface area (Å²) in [6.45, 7) is 0. The molecular weight excluding hydrogens is 256 g/mol. The molecule has 0 saturated heterocycles. The first kappa shape index (κ1) is 13.7. The molecule has 104 valence electrons. The smallest absolute Gasteiger partial charge is 0.255 e. The van der Waals surface area contributed by atoms with Gasteiger partial charge in [-0.2, -0.15) is 0 Å². The highest BCUT2D eigenvalue weighted by Gasteiger charge is 2.10. The van der Waals surface area contributed by atoms with E-state index in [1.807, 2.05) is 0 Å².